The topological polar surface area (TPSA) is 46.2 Å². The molecule has 1 heterocycles. The van der Waals surface area contributed by atoms with Crippen molar-refractivity contribution in [1.29, 1.82) is 0 Å². The van der Waals surface area contributed by atoms with Gasteiger partial charge in [0.25, 0.3) is 0 Å². The first-order valence-electron chi connectivity index (χ1n) is 5.38. The first-order chi connectivity index (χ1) is 7.96. The molecule has 1 saturated heterocycles. The van der Waals surface area contributed by atoms with E-state index in [2.05, 4.69) is 5.32 Å². The van der Waals surface area contributed by atoms with E-state index >= 15 is 0 Å². The lowest BCUT2D eigenvalue weighted by molar-refractivity contribution is 0.559. The van der Waals surface area contributed by atoms with Crippen LogP contribution in [0.1, 0.15) is 12.8 Å². The minimum Gasteiger partial charge on any atom is -0.381 e. The summed E-state index contributed by atoms with van der Waals surface area (Å²) in [6.07, 6.45) is 1.25. The van der Waals surface area contributed by atoms with E-state index in [9.17, 15) is 8.42 Å². The minimum absolute atomic E-state index is 0.164. The molecule has 1 aromatic rings. The Balaban J connectivity index is 2.02. The molecule has 0 bridgehead atoms. The second kappa shape index (κ2) is 5.04. The predicted molar refractivity (Wildman–Crippen MR) is 71.8 cm³/mol. The zero-order chi connectivity index (χ0) is 12.5. The number of sulfone groups is 1. The van der Waals surface area contributed by atoms with Crippen molar-refractivity contribution in [3.05, 3.63) is 28.2 Å². The molecule has 6 heteroatoms. The molecule has 0 aliphatic carbocycles. The Bertz CT molecular complexity index is 502. The van der Waals surface area contributed by atoms with Crippen molar-refractivity contribution in [3.63, 3.8) is 0 Å². The maximum absolute atomic E-state index is 11.3. The van der Waals surface area contributed by atoms with Gasteiger partial charge in [0.2, 0.25) is 0 Å². The van der Waals surface area contributed by atoms with Crippen molar-refractivity contribution < 1.29 is 8.42 Å². The molecule has 1 N–H and O–H groups in total. The monoisotopic (exact) mass is 293 g/mol. The standard InChI is InChI=1S/C11H13Cl2NO2S/c12-8-1-2-11(10(13)7-8)14-9-3-5-17(15,16)6-4-9/h1-2,7,9,14H,3-6H2. The molecule has 1 fully saturated rings. The molecule has 0 aromatic heterocycles. The molecular formula is C11H13Cl2NO2S. The van der Waals surface area contributed by atoms with E-state index in [1.54, 1.807) is 12.1 Å². The molecule has 17 heavy (non-hydrogen) atoms. The number of nitrogens with one attached hydrogen (secondary N) is 1. The summed E-state index contributed by atoms with van der Waals surface area (Å²) >= 11 is 11.8. The summed E-state index contributed by atoms with van der Waals surface area (Å²) in [7, 11) is -2.82. The predicted octanol–water partition coefficient (Wildman–Crippen LogP) is 2.98. The van der Waals surface area contributed by atoms with Gasteiger partial charge < -0.3 is 5.32 Å². The van der Waals surface area contributed by atoms with Gasteiger partial charge in [0, 0.05) is 11.1 Å². The van der Waals surface area contributed by atoms with E-state index < -0.39 is 9.84 Å². The van der Waals surface area contributed by atoms with Gasteiger partial charge in [0.05, 0.1) is 22.2 Å². The molecule has 0 saturated carbocycles. The lowest BCUT2D eigenvalue weighted by Crippen LogP contribution is -2.32. The van der Waals surface area contributed by atoms with Crippen molar-refractivity contribution in [2.24, 2.45) is 0 Å². The molecule has 3 nitrogen and oxygen atoms in total. The summed E-state index contributed by atoms with van der Waals surface area (Å²) in [4.78, 5) is 0. The molecule has 94 valence electrons. The molecule has 0 unspecified atom stereocenters. The average molecular weight is 294 g/mol. The average Bonchev–Trinajstić information content (AvgIpc) is 2.25. The number of rotatable bonds is 2. The Kier molecular flexibility index (Phi) is 3.85. The van der Waals surface area contributed by atoms with Crippen molar-refractivity contribution in [2.75, 3.05) is 16.8 Å². The summed E-state index contributed by atoms with van der Waals surface area (Å²) in [6, 6.07) is 5.41. The lowest BCUT2D eigenvalue weighted by Gasteiger charge is -2.24. The van der Waals surface area contributed by atoms with Crippen LogP contribution in [0.5, 0.6) is 0 Å². The van der Waals surface area contributed by atoms with Crippen LogP contribution in [0.2, 0.25) is 10.0 Å². The highest BCUT2D eigenvalue weighted by Gasteiger charge is 2.23. The third kappa shape index (κ3) is 3.50. The van der Waals surface area contributed by atoms with Crippen LogP contribution in [-0.4, -0.2) is 26.0 Å². The van der Waals surface area contributed by atoms with Gasteiger partial charge in [-0.2, -0.15) is 0 Å². The molecule has 0 spiro atoms. The van der Waals surface area contributed by atoms with E-state index in [4.69, 9.17) is 23.2 Å². The van der Waals surface area contributed by atoms with Crippen molar-refractivity contribution >= 4 is 38.7 Å². The van der Waals surface area contributed by atoms with Crippen LogP contribution in [0.4, 0.5) is 5.69 Å². The number of halogens is 2. The molecule has 1 aliphatic rings. The molecule has 0 amide bonds. The second-order valence-corrected chi connectivity index (χ2v) is 7.34. The Hall–Kier alpha value is -0.450. The number of anilines is 1. The van der Waals surface area contributed by atoms with Crippen LogP contribution in [0, 0.1) is 0 Å². The maximum Gasteiger partial charge on any atom is 0.150 e. The minimum atomic E-state index is -2.82. The molecule has 1 aromatic carbocycles. The van der Waals surface area contributed by atoms with Gasteiger partial charge in [0.15, 0.2) is 0 Å². The van der Waals surface area contributed by atoms with E-state index in [1.165, 1.54) is 0 Å². The fraction of sp³-hybridized carbons (Fsp3) is 0.455. The largest absolute Gasteiger partial charge is 0.381 e. The van der Waals surface area contributed by atoms with Crippen LogP contribution in [0.3, 0.4) is 0 Å². The number of hydrogen-bond donors (Lipinski definition) is 1. The smallest absolute Gasteiger partial charge is 0.150 e. The summed E-state index contributed by atoms with van der Waals surface area (Å²) in [5, 5.41) is 4.41. The highest BCUT2D eigenvalue weighted by atomic mass is 35.5. The van der Waals surface area contributed by atoms with Gasteiger partial charge in [-0.15, -0.1) is 0 Å². The summed E-state index contributed by atoms with van der Waals surface area (Å²) in [5.74, 6) is 0.492. The molecule has 0 radical (unpaired) electrons. The van der Waals surface area contributed by atoms with Crippen LogP contribution in [-0.2, 0) is 9.84 Å². The normalized spacial score (nSPS) is 20.1. The second-order valence-electron chi connectivity index (χ2n) is 4.19. The third-order valence-electron chi connectivity index (χ3n) is 2.85. The van der Waals surface area contributed by atoms with Crippen LogP contribution in [0.15, 0.2) is 18.2 Å². The Labute approximate surface area is 111 Å². The van der Waals surface area contributed by atoms with E-state index in [1.807, 2.05) is 6.07 Å². The van der Waals surface area contributed by atoms with Gasteiger partial charge in [-0.1, -0.05) is 23.2 Å². The first-order valence-corrected chi connectivity index (χ1v) is 7.96. The van der Waals surface area contributed by atoms with Crippen LogP contribution in [0.25, 0.3) is 0 Å². The van der Waals surface area contributed by atoms with Gasteiger partial charge >= 0.3 is 0 Å². The van der Waals surface area contributed by atoms with Crippen molar-refractivity contribution in [3.8, 4) is 0 Å². The highest BCUT2D eigenvalue weighted by molar-refractivity contribution is 7.91. The summed E-state index contributed by atoms with van der Waals surface area (Å²) < 4.78 is 22.6. The highest BCUT2D eigenvalue weighted by Crippen LogP contribution is 2.27. The molecule has 0 atom stereocenters. The lowest BCUT2D eigenvalue weighted by atomic mass is 10.1. The molecular weight excluding hydrogens is 281 g/mol. The van der Waals surface area contributed by atoms with Gasteiger partial charge in [-0.3, -0.25) is 0 Å². The summed E-state index contributed by atoms with van der Waals surface area (Å²) in [6.45, 7) is 0. The SMILES string of the molecule is O=S1(=O)CCC(Nc2ccc(Cl)cc2Cl)CC1. The quantitative estimate of drug-likeness (QED) is 0.912. The Morgan fingerprint density at radius 1 is 1.18 bits per heavy atom. The fourth-order valence-corrected chi connectivity index (χ4v) is 3.82. The van der Waals surface area contributed by atoms with E-state index in [0.717, 1.165) is 5.69 Å². The zero-order valence-electron chi connectivity index (χ0n) is 9.12. The van der Waals surface area contributed by atoms with Crippen molar-refractivity contribution in [1.82, 2.24) is 0 Å². The van der Waals surface area contributed by atoms with Crippen molar-refractivity contribution in [2.45, 2.75) is 18.9 Å². The maximum atomic E-state index is 11.3. The Morgan fingerprint density at radius 2 is 1.82 bits per heavy atom. The Morgan fingerprint density at radius 3 is 2.41 bits per heavy atom. The van der Waals surface area contributed by atoms with Gasteiger partial charge in [0.1, 0.15) is 9.84 Å². The summed E-state index contributed by atoms with van der Waals surface area (Å²) in [5.41, 5.74) is 0.806. The zero-order valence-corrected chi connectivity index (χ0v) is 11.4. The number of benzene rings is 1. The fourth-order valence-electron chi connectivity index (χ4n) is 1.86. The van der Waals surface area contributed by atoms with Gasteiger partial charge in [-0.25, -0.2) is 8.42 Å². The molecule has 2 rings (SSSR count). The number of hydrogen-bond acceptors (Lipinski definition) is 3. The van der Waals surface area contributed by atoms with E-state index in [-0.39, 0.29) is 17.5 Å². The first kappa shape index (κ1) is 13.0. The third-order valence-corrected chi connectivity index (χ3v) is 5.11. The van der Waals surface area contributed by atoms with E-state index in [0.29, 0.717) is 22.9 Å². The van der Waals surface area contributed by atoms with Gasteiger partial charge in [-0.05, 0) is 31.0 Å². The van der Waals surface area contributed by atoms with Crippen LogP contribution < -0.4 is 5.32 Å². The van der Waals surface area contributed by atoms with Crippen LogP contribution >= 0.6 is 23.2 Å². The molecule has 1 aliphatic heterocycles.